The third-order valence-electron chi connectivity index (χ3n) is 7.86. The largest absolute Gasteiger partial charge is 0.462 e. The van der Waals surface area contributed by atoms with E-state index in [1.54, 1.807) is 0 Å². The van der Waals surface area contributed by atoms with Gasteiger partial charge in [0.05, 0.1) is 0 Å². The summed E-state index contributed by atoms with van der Waals surface area (Å²) in [5, 5.41) is 0. The zero-order chi connectivity index (χ0) is 34.5. The summed E-state index contributed by atoms with van der Waals surface area (Å²) in [6, 6.07) is 0. The molecule has 0 aliphatic rings. The molecule has 0 rings (SSSR count). The zero-order valence-corrected chi connectivity index (χ0v) is 30.5. The standard InChI is InChI=1S/C41H70O6/c1-4-7-10-13-15-17-19-20-22-23-25-28-31-34-40(43)46-37-38(36-45-39(42)33-30-27-12-9-6-3)47-41(44)35-32-29-26-24-21-18-16-14-11-8-5-2/h7,10,15,17,20,22,25,28,38H,4-6,8-9,11-14,16,18-19,21,23-24,26-27,29-37H2,1-3H3/b10-7-,17-15-,22-20-,28-25-. The number of hydrogen-bond donors (Lipinski definition) is 0. The van der Waals surface area contributed by atoms with E-state index in [0.717, 1.165) is 70.6 Å². The molecule has 0 aliphatic carbocycles. The van der Waals surface area contributed by atoms with Crippen molar-refractivity contribution in [1.82, 2.24) is 0 Å². The molecule has 6 nitrogen and oxygen atoms in total. The van der Waals surface area contributed by atoms with Crippen LogP contribution in [0, 0.1) is 0 Å². The van der Waals surface area contributed by atoms with Gasteiger partial charge in [0, 0.05) is 19.3 Å². The van der Waals surface area contributed by atoms with Crippen molar-refractivity contribution in [2.75, 3.05) is 13.2 Å². The fourth-order valence-corrected chi connectivity index (χ4v) is 4.98. The SMILES string of the molecule is CC/C=C\C/C=C\C/C=C\C/C=C\CCC(=O)OCC(COC(=O)CCCCCCC)OC(=O)CCCCCCCCCCCCC. The Balaban J connectivity index is 4.41. The molecule has 0 saturated heterocycles. The first-order valence-corrected chi connectivity index (χ1v) is 19.1. The average Bonchev–Trinajstić information content (AvgIpc) is 3.06. The van der Waals surface area contributed by atoms with E-state index in [1.165, 1.54) is 57.8 Å². The Hall–Kier alpha value is -2.63. The molecule has 0 heterocycles. The fourth-order valence-electron chi connectivity index (χ4n) is 4.98. The van der Waals surface area contributed by atoms with Gasteiger partial charge in [-0.25, -0.2) is 0 Å². The quantitative estimate of drug-likeness (QED) is 0.0302. The lowest BCUT2D eigenvalue weighted by atomic mass is 10.1. The Kier molecular flexibility index (Phi) is 34.2. The number of rotatable bonds is 33. The van der Waals surface area contributed by atoms with Crippen LogP contribution in [0.3, 0.4) is 0 Å². The van der Waals surface area contributed by atoms with Crippen molar-refractivity contribution >= 4 is 17.9 Å². The Morgan fingerprint density at radius 1 is 0.447 bits per heavy atom. The Bertz CT molecular complexity index is 856. The molecule has 0 N–H and O–H groups in total. The van der Waals surface area contributed by atoms with Gasteiger partial charge in [0.15, 0.2) is 6.10 Å². The van der Waals surface area contributed by atoms with Crippen molar-refractivity contribution in [1.29, 1.82) is 0 Å². The van der Waals surface area contributed by atoms with Crippen LogP contribution < -0.4 is 0 Å². The van der Waals surface area contributed by atoms with Crippen molar-refractivity contribution in [3.05, 3.63) is 48.6 Å². The summed E-state index contributed by atoms with van der Waals surface area (Å²) in [6.07, 6.45) is 39.9. The molecule has 0 spiro atoms. The molecule has 0 amide bonds. The van der Waals surface area contributed by atoms with Crippen LogP contribution in [-0.4, -0.2) is 37.2 Å². The number of allylic oxidation sites excluding steroid dienone is 8. The zero-order valence-electron chi connectivity index (χ0n) is 30.5. The van der Waals surface area contributed by atoms with Crippen LogP contribution in [0.4, 0.5) is 0 Å². The monoisotopic (exact) mass is 659 g/mol. The van der Waals surface area contributed by atoms with E-state index in [1.807, 2.05) is 12.2 Å². The van der Waals surface area contributed by atoms with Crippen LogP contribution in [0.15, 0.2) is 48.6 Å². The van der Waals surface area contributed by atoms with Gasteiger partial charge >= 0.3 is 17.9 Å². The van der Waals surface area contributed by atoms with Gasteiger partial charge in [0.1, 0.15) is 13.2 Å². The van der Waals surface area contributed by atoms with E-state index < -0.39 is 6.10 Å². The third kappa shape index (κ3) is 34.5. The molecular formula is C41H70O6. The van der Waals surface area contributed by atoms with Crippen LogP contribution in [0.25, 0.3) is 0 Å². The molecule has 0 bridgehead atoms. The van der Waals surface area contributed by atoms with Crippen molar-refractivity contribution in [2.24, 2.45) is 0 Å². The summed E-state index contributed by atoms with van der Waals surface area (Å²) < 4.78 is 16.4. The van der Waals surface area contributed by atoms with Gasteiger partial charge in [-0.05, 0) is 44.9 Å². The minimum atomic E-state index is -0.791. The summed E-state index contributed by atoms with van der Waals surface area (Å²) in [5.41, 5.74) is 0. The van der Waals surface area contributed by atoms with E-state index in [-0.39, 0.29) is 37.5 Å². The second kappa shape index (κ2) is 36.2. The molecule has 6 heteroatoms. The summed E-state index contributed by atoms with van der Waals surface area (Å²) in [4.78, 5) is 37.2. The van der Waals surface area contributed by atoms with E-state index in [4.69, 9.17) is 14.2 Å². The summed E-state index contributed by atoms with van der Waals surface area (Å²) >= 11 is 0. The molecule has 0 saturated carbocycles. The number of ether oxygens (including phenoxy) is 3. The Morgan fingerprint density at radius 2 is 0.830 bits per heavy atom. The van der Waals surface area contributed by atoms with Gasteiger partial charge in [-0.2, -0.15) is 0 Å². The van der Waals surface area contributed by atoms with E-state index in [9.17, 15) is 14.4 Å². The average molecular weight is 659 g/mol. The van der Waals surface area contributed by atoms with Crippen molar-refractivity contribution in [2.45, 2.75) is 181 Å². The predicted octanol–water partition coefficient (Wildman–Crippen LogP) is 11.6. The first-order chi connectivity index (χ1) is 23.0. The molecule has 0 aromatic heterocycles. The second-order valence-electron chi connectivity index (χ2n) is 12.5. The highest BCUT2D eigenvalue weighted by molar-refractivity contribution is 5.71. The topological polar surface area (TPSA) is 78.9 Å². The second-order valence-corrected chi connectivity index (χ2v) is 12.5. The van der Waals surface area contributed by atoms with Gasteiger partial charge in [-0.1, -0.05) is 159 Å². The van der Waals surface area contributed by atoms with Crippen molar-refractivity contribution < 1.29 is 28.6 Å². The van der Waals surface area contributed by atoms with E-state index in [2.05, 4.69) is 57.2 Å². The maximum Gasteiger partial charge on any atom is 0.306 e. The molecule has 0 radical (unpaired) electrons. The first kappa shape index (κ1) is 44.4. The molecule has 1 atom stereocenters. The van der Waals surface area contributed by atoms with Crippen molar-refractivity contribution in [3.63, 3.8) is 0 Å². The summed E-state index contributed by atoms with van der Waals surface area (Å²) in [5.74, 6) is -1.00. The number of carbonyl (C=O) groups is 3. The number of carbonyl (C=O) groups excluding carboxylic acids is 3. The Labute approximate surface area is 288 Å². The minimum absolute atomic E-state index is 0.0953. The smallest absolute Gasteiger partial charge is 0.306 e. The number of esters is 3. The summed E-state index contributed by atoms with van der Waals surface area (Å²) in [7, 11) is 0. The highest BCUT2D eigenvalue weighted by Gasteiger charge is 2.19. The fraction of sp³-hybridized carbons (Fsp3) is 0.732. The van der Waals surface area contributed by atoms with E-state index in [0.29, 0.717) is 19.3 Å². The van der Waals surface area contributed by atoms with Crippen LogP contribution in [0.5, 0.6) is 0 Å². The van der Waals surface area contributed by atoms with Crippen LogP contribution >= 0.6 is 0 Å². The predicted molar refractivity (Wildman–Crippen MR) is 196 cm³/mol. The van der Waals surface area contributed by atoms with Gasteiger partial charge in [-0.3, -0.25) is 14.4 Å². The molecule has 0 aromatic carbocycles. The van der Waals surface area contributed by atoms with Crippen LogP contribution in [0.2, 0.25) is 0 Å². The van der Waals surface area contributed by atoms with Crippen LogP contribution in [0.1, 0.15) is 175 Å². The lowest BCUT2D eigenvalue weighted by molar-refractivity contribution is -0.166. The van der Waals surface area contributed by atoms with Gasteiger partial charge in [0.25, 0.3) is 0 Å². The molecule has 0 aliphatic heterocycles. The summed E-state index contributed by atoms with van der Waals surface area (Å²) in [6.45, 7) is 6.33. The van der Waals surface area contributed by atoms with Crippen molar-refractivity contribution in [3.8, 4) is 0 Å². The lowest BCUT2D eigenvalue weighted by Crippen LogP contribution is -2.30. The molecule has 1 unspecified atom stereocenters. The Morgan fingerprint density at radius 3 is 1.30 bits per heavy atom. The molecule has 0 fully saturated rings. The lowest BCUT2D eigenvalue weighted by Gasteiger charge is -2.18. The molecule has 47 heavy (non-hydrogen) atoms. The first-order valence-electron chi connectivity index (χ1n) is 19.1. The maximum atomic E-state index is 12.6. The normalized spacial score (nSPS) is 12.5. The maximum absolute atomic E-state index is 12.6. The highest BCUT2D eigenvalue weighted by atomic mass is 16.6. The molecule has 270 valence electrons. The van der Waals surface area contributed by atoms with Gasteiger partial charge in [-0.15, -0.1) is 0 Å². The molecule has 0 aromatic rings. The highest BCUT2D eigenvalue weighted by Crippen LogP contribution is 2.13. The third-order valence-corrected chi connectivity index (χ3v) is 7.86. The van der Waals surface area contributed by atoms with Gasteiger partial charge in [0.2, 0.25) is 0 Å². The molecular weight excluding hydrogens is 588 g/mol. The number of unbranched alkanes of at least 4 members (excludes halogenated alkanes) is 14. The van der Waals surface area contributed by atoms with Crippen LogP contribution in [-0.2, 0) is 28.6 Å². The number of hydrogen-bond acceptors (Lipinski definition) is 6. The van der Waals surface area contributed by atoms with E-state index >= 15 is 0 Å². The minimum Gasteiger partial charge on any atom is -0.462 e. The van der Waals surface area contributed by atoms with Gasteiger partial charge < -0.3 is 14.2 Å².